The summed E-state index contributed by atoms with van der Waals surface area (Å²) in [5.41, 5.74) is 4.59. The maximum atomic E-state index is 9.10. The third-order valence-electron chi connectivity index (χ3n) is 5.06. The van der Waals surface area contributed by atoms with E-state index in [1.165, 1.54) is 11.1 Å². The molecular weight excluding hydrogens is 532 g/mol. The average Bonchev–Trinajstić information content (AvgIpc) is 3.71. The van der Waals surface area contributed by atoms with Gasteiger partial charge in [0.2, 0.25) is 0 Å². The Bertz CT molecular complexity index is 1150. The fourth-order valence-corrected chi connectivity index (χ4v) is 3.21. The summed E-state index contributed by atoms with van der Waals surface area (Å²) in [5, 5.41) is 18.2. The van der Waals surface area contributed by atoms with E-state index in [1.54, 1.807) is 24.3 Å². The first-order chi connectivity index (χ1) is 17.7. The molecule has 0 fully saturated rings. The zero-order valence-corrected chi connectivity index (χ0v) is 23.0. The van der Waals surface area contributed by atoms with Crippen molar-refractivity contribution < 1.29 is 36.4 Å². The molecule has 0 aliphatic heterocycles. The fourth-order valence-electron chi connectivity index (χ4n) is 3.21. The Kier molecular flexibility index (Phi) is 13.8. The molecule has 2 N–H and O–H groups in total. The van der Waals surface area contributed by atoms with Crippen molar-refractivity contribution in [3.63, 3.8) is 0 Å². The van der Waals surface area contributed by atoms with Gasteiger partial charge in [-0.15, -0.1) is 0 Å². The van der Waals surface area contributed by atoms with Crippen molar-refractivity contribution in [1.82, 2.24) is 0 Å². The second-order valence-electron chi connectivity index (χ2n) is 7.75. The topological polar surface area (TPSA) is 40.5 Å². The number of hydrogen-bond acceptors (Lipinski definition) is 2. The van der Waals surface area contributed by atoms with Gasteiger partial charge in [-0.1, -0.05) is 84.9 Å². The first-order valence-corrected chi connectivity index (χ1v) is 11.7. The minimum atomic E-state index is 0. The molecule has 0 aliphatic rings. The number of hydrogen-bond donors (Lipinski definition) is 2. The van der Waals surface area contributed by atoms with Crippen molar-refractivity contribution in [2.45, 2.75) is 0 Å². The van der Waals surface area contributed by atoms with Crippen LogP contribution < -0.4 is 0 Å². The van der Waals surface area contributed by atoms with E-state index in [-0.39, 0.29) is 26.2 Å². The Labute approximate surface area is 239 Å². The molecule has 0 aliphatic carbocycles. The van der Waals surface area contributed by atoms with Gasteiger partial charge in [-0.25, -0.2) is 24.3 Å². The van der Waals surface area contributed by atoms with Gasteiger partial charge in [-0.05, 0) is 46.5 Å². The molecule has 2 nitrogen and oxygen atoms in total. The molecule has 0 aromatic heterocycles. The van der Waals surface area contributed by atoms with Gasteiger partial charge in [0.15, 0.2) is 0 Å². The van der Waals surface area contributed by atoms with Crippen molar-refractivity contribution in [3.8, 4) is 33.8 Å². The van der Waals surface area contributed by atoms with E-state index in [0.717, 1.165) is 11.1 Å². The average molecular weight is 562 g/mol. The Hall–Kier alpha value is -3.94. The number of benzene rings is 4. The quantitative estimate of drug-likeness (QED) is 0.207. The van der Waals surface area contributed by atoms with E-state index >= 15 is 0 Å². The van der Waals surface area contributed by atoms with Crippen LogP contribution in [-0.4, -0.2) is 10.2 Å². The second-order valence-corrected chi connectivity index (χ2v) is 7.75. The van der Waals surface area contributed by atoms with E-state index in [1.807, 2.05) is 146 Å². The fraction of sp³-hybridized carbons (Fsp3) is 0. The molecule has 0 spiro atoms. The molecule has 0 saturated carbocycles. The Morgan fingerprint density at radius 3 is 0.838 bits per heavy atom. The molecule has 182 valence electrons. The Balaban J connectivity index is 0.000000187. The van der Waals surface area contributed by atoms with Gasteiger partial charge in [-0.2, -0.15) is 36.4 Å². The van der Waals surface area contributed by atoms with Gasteiger partial charge in [0.1, 0.15) is 11.5 Å². The summed E-state index contributed by atoms with van der Waals surface area (Å²) in [5.74, 6) is 0.611. The minimum Gasteiger partial charge on any atom is -0.508 e. The standard InChI is InChI=1S/2C12H10O.2C5H5.Zr/c2*13-12-8-6-11(7-9-12)10-4-2-1-3-5-10;2*1-2-4-5-3-1;/h2*1-9,13H;2*1-5H;/q;;2*-1;+2. The Morgan fingerprint density at radius 1 is 0.324 bits per heavy atom. The van der Waals surface area contributed by atoms with E-state index in [0.29, 0.717) is 11.5 Å². The molecule has 6 aromatic rings. The molecule has 37 heavy (non-hydrogen) atoms. The number of phenolic OH excluding ortho intramolecular Hbond substituents is 2. The molecule has 0 bridgehead atoms. The van der Waals surface area contributed by atoms with Crippen molar-refractivity contribution >= 4 is 0 Å². The molecule has 0 unspecified atom stereocenters. The summed E-state index contributed by atoms with van der Waals surface area (Å²) in [6, 6.07) is 54.6. The van der Waals surface area contributed by atoms with Gasteiger partial charge in [0.25, 0.3) is 0 Å². The van der Waals surface area contributed by atoms with Crippen molar-refractivity contribution in [3.05, 3.63) is 170 Å². The third kappa shape index (κ3) is 11.6. The number of aromatic hydroxyl groups is 2. The van der Waals surface area contributed by atoms with Gasteiger partial charge >= 0.3 is 26.2 Å². The van der Waals surface area contributed by atoms with E-state index < -0.39 is 0 Å². The Morgan fingerprint density at radius 2 is 0.595 bits per heavy atom. The summed E-state index contributed by atoms with van der Waals surface area (Å²) >= 11 is 0. The summed E-state index contributed by atoms with van der Waals surface area (Å²) < 4.78 is 0. The molecule has 0 atom stereocenters. The van der Waals surface area contributed by atoms with Crippen LogP contribution in [0.3, 0.4) is 0 Å². The van der Waals surface area contributed by atoms with Gasteiger partial charge in [0, 0.05) is 0 Å². The summed E-state index contributed by atoms with van der Waals surface area (Å²) in [4.78, 5) is 0. The molecular formula is C34H30O2Zr. The van der Waals surface area contributed by atoms with Crippen LogP contribution in [0.2, 0.25) is 0 Å². The first-order valence-electron chi connectivity index (χ1n) is 11.7. The molecule has 0 heterocycles. The smallest absolute Gasteiger partial charge is 0.508 e. The van der Waals surface area contributed by atoms with Crippen LogP contribution in [0, 0.1) is 0 Å². The normalized spacial score (nSPS) is 9.08. The maximum absolute atomic E-state index is 9.10. The molecule has 0 saturated heterocycles. The monoisotopic (exact) mass is 560 g/mol. The predicted octanol–water partition coefficient (Wildman–Crippen LogP) is 8.93. The number of phenols is 2. The number of rotatable bonds is 2. The minimum absolute atomic E-state index is 0. The van der Waals surface area contributed by atoms with E-state index in [4.69, 9.17) is 10.2 Å². The molecule has 0 amide bonds. The van der Waals surface area contributed by atoms with Crippen LogP contribution in [-0.2, 0) is 26.2 Å². The molecule has 0 radical (unpaired) electrons. The first kappa shape index (κ1) is 29.3. The van der Waals surface area contributed by atoms with Crippen LogP contribution in [0.4, 0.5) is 0 Å². The van der Waals surface area contributed by atoms with Crippen LogP contribution in [0.5, 0.6) is 11.5 Å². The molecule has 3 heteroatoms. The zero-order chi connectivity index (χ0) is 25.3. The maximum Gasteiger partial charge on any atom is 2.00 e. The summed E-state index contributed by atoms with van der Waals surface area (Å²) in [6.07, 6.45) is 0. The summed E-state index contributed by atoms with van der Waals surface area (Å²) in [7, 11) is 0. The van der Waals surface area contributed by atoms with Crippen LogP contribution in [0.15, 0.2) is 170 Å². The molecule has 6 rings (SSSR count). The van der Waals surface area contributed by atoms with Crippen LogP contribution in [0.25, 0.3) is 22.3 Å². The largest absolute Gasteiger partial charge is 2.00 e. The second kappa shape index (κ2) is 17.5. The van der Waals surface area contributed by atoms with Crippen LogP contribution in [0.1, 0.15) is 0 Å². The van der Waals surface area contributed by atoms with Crippen molar-refractivity contribution in [1.29, 1.82) is 0 Å². The van der Waals surface area contributed by atoms with Crippen molar-refractivity contribution in [2.24, 2.45) is 0 Å². The van der Waals surface area contributed by atoms with E-state index in [2.05, 4.69) is 0 Å². The van der Waals surface area contributed by atoms with Gasteiger partial charge in [-0.3, -0.25) is 0 Å². The molecule has 6 aromatic carbocycles. The van der Waals surface area contributed by atoms with Crippen LogP contribution >= 0.6 is 0 Å². The van der Waals surface area contributed by atoms with Crippen molar-refractivity contribution in [2.75, 3.05) is 0 Å². The SMILES string of the molecule is Oc1ccc(-c2ccccc2)cc1.Oc1ccc(-c2ccccc2)cc1.[Zr+2].c1cc[cH-]c1.c1cc[cH-]c1. The zero-order valence-electron chi connectivity index (χ0n) is 20.6. The predicted molar refractivity (Wildman–Crippen MR) is 151 cm³/mol. The van der Waals surface area contributed by atoms with Gasteiger partial charge < -0.3 is 10.2 Å². The third-order valence-corrected chi connectivity index (χ3v) is 5.06. The summed E-state index contributed by atoms with van der Waals surface area (Å²) in [6.45, 7) is 0. The van der Waals surface area contributed by atoms with Gasteiger partial charge in [0.05, 0.1) is 0 Å². The van der Waals surface area contributed by atoms with E-state index in [9.17, 15) is 0 Å².